The molecule has 4 nitrogen and oxygen atoms in total. The largest absolute Gasteiger partial charge is 0.494 e. The van der Waals surface area contributed by atoms with Crippen molar-refractivity contribution in [2.45, 2.75) is 38.3 Å². The lowest BCUT2D eigenvalue weighted by atomic mass is 10.2. The number of ether oxygens (including phenoxy) is 2. The summed E-state index contributed by atoms with van der Waals surface area (Å²) in [5.41, 5.74) is 0. The summed E-state index contributed by atoms with van der Waals surface area (Å²) in [6.07, 6.45) is 3.08. The van der Waals surface area contributed by atoms with Crippen molar-refractivity contribution in [1.29, 1.82) is 5.26 Å². The van der Waals surface area contributed by atoms with Gasteiger partial charge in [0.25, 0.3) is 0 Å². The summed E-state index contributed by atoms with van der Waals surface area (Å²) in [5.74, 6) is 1.60. The molecule has 1 unspecified atom stereocenters. The van der Waals surface area contributed by atoms with Crippen LogP contribution in [-0.2, 0) is 0 Å². The van der Waals surface area contributed by atoms with Gasteiger partial charge in [0, 0.05) is 18.5 Å². The molecule has 0 spiro atoms. The first-order valence-corrected chi connectivity index (χ1v) is 6.83. The minimum Gasteiger partial charge on any atom is -0.494 e. The van der Waals surface area contributed by atoms with Gasteiger partial charge in [0.1, 0.15) is 11.5 Å². The van der Waals surface area contributed by atoms with Crippen molar-refractivity contribution < 1.29 is 9.47 Å². The fraction of sp³-hybridized carbons (Fsp3) is 0.533. The maximum atomic E-state index is 9.03. The van der Waals surface area contributed by atoms with E-state index in [1.54, 1.807) is 0 Å². The van der Waals surface area contributed by atoms with Crippen LogP contribution in [0.15, 0.2) is 24.3 Å². The van der Waals surface area contributed by atoms with Crippen molar-refractivity contribution in [3.63, 3.8) is 0 Å². The Bertz CT molecular complexity index is 438. The van der Waals surface area contributed by atoms with Crippen LogP contribution in [0.3, 0.4) is 0 Å². The van der Waals surface area contributed by atoms with E-state index in [-0.39, 0.29) is 6.04 Å². The quantitative estimate of drug-likeness (QED) is 0.780. The molecule has 0 aliphatic heterocycles. The van der Waals surface area contributed by atoms with E-state index >= 15 is 0 Å². The van der Waals surface area contributed by atoms with E-state index in [0.717, 1.165) is 11.5 Å². The van der Waals surface area contributed by atoms with Gasteiger partial charge in [-0.15, -0.1) is 0 Å². The van der Waals surface area contributed by atoms with Crippen molar-refractivity contribution in [1.82, 2.24) is 5.32 Å². The van der Waals surface area contributed by atoms with Gasteiger partial charge in [-0.05, 0) is 31.9 Å². The lowest BCUT2D eigenvalue weighted by Gasteiger charge is -2.12. The van der Waals surface area contributed by atoms with E-state index in [9.17, 15) is 0 Å². The average molecular weight is 260 g/mol. The number of nitrogens with zero attached hydrogens (tertiary/aromatic N) is 1. The van der Waals surface area contributed by atoms with Crippen molar-refractivity contribution in [3.05, 3.63) is 24.3 Å². The topological polar surface area (TPSA) is 54.3 Å². The van der Waals surface area contributed by atoms with Gasteiger partial charge < -0.3 is 9.47 Å². The summed E-state index contributed by atoms with van der Waals surface area (Å²) < 4.78 is 11.1. The van der Waals surface area contributed by atoms with Crippen LogP contribution in [0.4, 0.5) is 0 Å². The van der Waals surface area contributed by atoms with E-state index in [0.29, 0.717) is 25.7 Å². The van der Waals surface area contributed by atoms with Crippen LogP contribution in [0.1, 0.15) is 26.2 Å². The number of hydrogen-bond donors (Lipinski definition) is 1. The molecule has 1 aromatic rings. The standard InChI is InChI=1S/C15H20N2O2/c1-2-18-14-4-3-5-15(10-14)19-9-8-13(11-16)17-12-6-7-12/h3-5,10,12-13,17H,2,6-9H2,1H3. The number of benzene rings is 1. The van der Waals surface area contributed by atoms with Gasteiger partial charge in [0.05, 0.1) is 25.3 Å². The predicted molar refractivity (Wildman–Crippen MR) is 73.3 cm³/mol. The third-order valence-electron chi connectivity index (χ3n) is 2.96. The molecule has 0 saturated heterocycles. The summed E-state index contributed by atoms with van der Waals surface area (Å²) >= 11 is 0. The Morgan fingerprint density at radius 3 is 2.74 bits per heavy atom. The molecule has 4 heteroatoms. The third kappa shape index (κ3) is 4.80. The zero-order chi connectivity index (χ0) is 13.5. The van der Waals surface area contributed by atoms with E-state index in [1.165, 1.54) is 12.8 Å². The Morgan fingerprint density at radius 2 is 2.11 bits per heavy atom. The smallest absolute Gasteiger partial charge is 0.122 e. The Labute approximate surface area is 114 Å². The number of hydrogen-bond acceptors (Lipinski definition) is 4. The lowest BCUT2D eigenvalue weighted by molar-refractivity contribution is 0.292. The second-order valence-electron chi connectivity index (χ2n) is 4.67. The average Bonchev–Trinajstić information content (AvgIpc) is 3.22. The second-order valence-corrected chi connectivity index (χ2v) is 4.67. The Hall–Kier alpha value is -1.73. The molecule has 0 heterocycles. The Kier molecular flexibility index (Phi) is 5.05. The maximum absolute atomic E-state index is 9.03. The minimum absolute atomic E-state index is 0.109. The van der Waals surface area contributed by atoms with E-state index in [1.807, 2.05) is 31.2 Å². The van der Waals surface area contributed by atoms with E-state index < -0.39 is 0 Å². The number of rotatable bonds is 8. The molecule has 1 N–H and O–H groups in total. The molecular weight excluding hydrogens is 240 g/mol. The molecule has 1 aromatic carbocycles. The molecule has 1 aliphatic carbocycles. The van der Waals surface area contributed by atoms with E-state index in [4.69, 9.17) is 14.7 Å². The highest BCUT2D eigenvalue weighted by atomic mass is 16.5. The molecule has 2 rings (SSSR count). The Balaban J connectivity index is 1.74. The van der Waals surface area contributed by atoms with Gasteiger partial charge in [-0.1, -0.05) is 6.07 Å². The first-order valence-electron chi connectivity index (χ1n) is 6.83. The van der Waals surface area contributed by atoms with Gasteiger partial charge in [-0.2, -0.15) is 5.26 Å². The van der Waals surface area contributed by atoms with E-state index in [2.05, 4.69) is 11.4 Å². The van der Waals surface area contributed by atoms with Gasteiger partial charge in [0.15, 0.2) is 0 Å². The van der Waals surface area contributed by atoms with Gasteiger partial charge >= 0.3 is 0 Å². The molecule has 1 aliphatic rings. The molecule has 19 heavy (non-hydrogen) atoms. The van der Waals surface area contributed by atoms with Crippen LogP contribution in [0.5, 0.6) is 11.5 Å². The first kappa shape index (κ1) is 13.7. The number of nitriles is 1. The van der Waals surface area contributed by atoms with Crippen LogP contribution in [0.2, 0.25) is 0 Å². The van der Waals surface area contributed by atoms with Crippen molar-refractivity contribution in [2.24, 2.45) is 0 Å². The molecule has 0 amide bonds. The predicted octanol–water partition coefficient (Wildman–Crippen LogP) is 2.50. The monoisotopic (exact) mass is 260 g/mol. The van der Waals surface area contributed by atoms with Crippen molar-refractivity contribution in [2.75, 3.05) is 13.2 Å². The molecule has 1 saturated carbocycles. The summed E-state index contributed by atoms with van der Waals surface area (Å²) in [7, 11) is 0. The normalized spacial score (nSPS) is 15.6. The summed E-state index contributed by atoms with van der Waals surface area (Å²) in [6, 6.07) is 10.3. The highest BCUT2D eigenvalue weighted by molar-refractivity contribution is 5.32. The van der Waals surface area contributed by atoms with Gasteiger partial charge in [0.2, 0.25) is 0 Å². The molecule has 1 atom stereocenters. The van der Waals surface area contributed by atoms with Crippen LogP contribution in [0, 0.1) is 11.3 Å². The summed E-state index contributed by atoms with van der Waals surface area (Å²) in [6.45, 7) is 3.13. The molecule has 0 aromatic heterocycles. The second kappa shape index (κ2) is 7.01. The highest BCUT2D eigenvalue weighted by Crippen LogP contribution is 2.21. The fourth-order valence-corrected chi connectivity index (χ4v) is 1.83. The minimum atomic E-state index is -0.109. The molecule has 102 valence electrons. The van der Waals surface area contributed by atoms with Gasteiger partial charge in [-0.3, -0.25) is 5.32 Å². The molecular formula is C15H20N2O2. The maximum Gasteiger partial charge on any atom is 0.122 e. The third-order valence-corrected chi connectivity index (χ3v) is 2.96. The van der Waals surface area contributed by atoms with Crippen molar-refractivity contribution >= 4 is 0 Å². The van der Waals surface area contributed by atoms with Crippen LogP contribution >= 0.6 is 0 Å². The SMILES string of the molecule is CCOc1cccc(OCCC(C#N)NC2CC2)c1. The first-order chi connectivity index (χ1) is 9.31. The molecule has 0 radical (unpaired) electrons. The fourth-order valence-electron chi connectivity index (χ4n) is 1.83. The summed E-state index contributed by atoms with van der Waals surface area (Å²) in [4.78, 5) is 0. The van der Waals surface area contributed by atoms with Crippen LogP contribution < -0.4 is 14.8 Å². The lowest BCUT2D eigenvalue weighted by Crippen LogP contribution is -2.31. The highest BCUT2D eigenvalue weighted by Gasteiger charge is 2.24. The zero-order valence-corrected chi connectivity index (χ0v) is 11.3. The van der Waals surface area contributed by atoms with Gasteiger partial charge in [-0.25, -0.2) is 0 Å². The van der Waals surface area contributed by atoms with Crippen LogP contribution in [0.25, 0.3) is 0 Å². The summed E-state index contributed by atoms with van der Waals surface area (Å²) in [5, 5.41) is 12.3. The Morgan fingerprint density at radius 1 is 1.37 bits per heavy atom. The zero-order valence-electron chi connectivity index (χ0n) is 11.3. The molecule has 1 fully saturated rings. The molecule has 0 bridgehead atoms. The van der Waals surface area contributed by atoms with Crippen molar-refractivity contribution in [3.8, 4) is 17.6 Å². The van der Waals surface area contributed by atoms with Crippen LogP contribution in [-0.4, -0.2) is 25.3 Å². The number of nitrogens with one attached hydrogen (secondary N) is 1.